The zero-order valence-electron chi connectivity index (χ0n) is 42.4. The molecule has 3 aromatic carbocycles. The fourth-order valence-electron chi connectivity index (χ4n) is 9.14. The van der Waals surface area contributed by atoms with Gasteiger partial charge in [-0.3, -0.25) is 9.35 Å². The molecule has 2 aliphatic heterocycles. The highest BCUT2D eigenvalue weighted by molar-refractivity contribution is 7.93. The first-order chi connectivity index (χ1) is 31.4. The first kappa shape index (κ1) is 53.5. The Labute approximate surface area is 406 Å². The molecule has 6 rings (SSSR count). The van der Waals surface area contributed by atoms with E-state index in [1.54, 1.807) is 6.07 Å². The van der Waals surface area contributed by atoms with E-state index in [4.69, 9.17) is 4.74 Å². The Bertz CT molecular complexity index is 2520. The van der Waals surface area contributed by atoms with Crippen LogP contribution in [0.3, 0.4) is 0 Å². The molecule has 67 heavy (non-hydrogen) atoms. The number of nitrogens with one attached hydrogen (secondary N) is 2. The van der Waals surface area contributed by atoms with Crippen LogP contribution in [0.2, 0.25) is 0 Å². The molecule has 0 atom stereocenters. The molecule has 1 amide bonds. The van der Waals surface area contributed by atoms with Gasteiger partial charge >= 0.3 is 0 Å². The number of anilines is 1. The molecule has 2 heterocycles. The number of hydrogen-bond acceptors (Lipinski definition) is 7. The van der Waals surface area contributed by atoms with Crippen molar-refractivity contribution in [2.45, 2.75) is 120 Å². The number of hydrogen-bond donors (Lipinski definition) is 4. The number of benzene rings is 3. The number of aryl methyl sites for hydroxylation is 1. The monoisotopic (exact) mass is 957 g/mol. The Morgan fingerprint density at radius 3 is 2.25 bits per heavy atom. The van der Waals surface area contributed by atoms with E-state index >= 15 is 0 Å². The van der Waals surface area contributed by atoms with Gasteiger partial charge in [-0.25, -0.2) is 0 Å². The second-order valence-electron chi connectivity index (χ2n) is 21.0. The van der Waals surface area contributed by atoms with Gasteiger partial charge < -0.3 is 28.9 Å². The molecule has 0 unspecified atom stereocenters. The highest BCUT2D eigenvalue weighted by Crippen LogP contribution is 2.49. The van der Waals surface area contributed by atoms with E-state index in [9.17, 15) is 22.3 Å². The molecule has 0 fully saturated rings. The lowest BCUT2D eigenvalue weighted by Crippen LogP contribution is -3.02. The number of carbonyl (C=O) groups is 1. The van der Waals surface area contributed by atoms with Crippen molar-refractivity contribution in [3.63, 3.8) is 0 Å². The fraction of sp³-hybridized carbons (Fsp3) is 0.481. The van der Waals surface area contributed by atoms with E-state index in [0.717, 1.165) is 118 Å². The van der Waals surface area contributed by atoms with Crippen molar-refractivity contribution in [2.24, 2.45) is 0 Å². The van der Waals surface area contributed by atoms with Gasteiger partial charge in [0.25, 0.3) is 10.1 Å². The molecule has 0 bridgehead atoms. The van der Waals surface area contributed by atoms with Crippen molar-refractivity contribution in [2.75, 3.05) is 66.8 Å². The summed E-state index contributed by atoms with van der Waals surface area (Å²) in [6.07, 6.45) is 14.4. The van der Waals surface area contributed by atoms with E-state index in [1.165, 1.54) is 22.2 Å². The molecule has 0 radical (unpaired) electrons. The molecule has 0 saturated carbocycles. The normalized spacial score (nSPS) is 18.0. The molecule has 364 valence electrons. The van der Waals surface area contributed by atoms with Crippen molar-refractivity contribution in [1.82, 2.24) is 5.32 Å². The van der Waals surface area contributed by atoms with E-state index in [2.05, 4.69) is 128 Å². The Kier molecular flexibility index (Phi) is 17.8. The van der Waals surface area contributed by atoms with Gasteiger partial charge in [0.15, 0.2) is 5.71 Å². The zero-order valence-corrected chi connectivity index (χ0v) is 44.0. The zero-order chi connectivity index (χ0) is 49.5. The van der Waals surface area contributed by atoms with Crippen LogP contribution >= 0.6 is 12.0 Å². The number of nitrogens with zero attached hydrogens (tertiary/aromatic N) is 3. The van der Waals surface area contributed by atoms with Gasteiger partial charge in [0.2, 0.25) is 11.6 Å². The minimum atomic E-state index is -4.39. The second kappa shape index (κ2) is 22.3. The van der Waals surface area contributed by atoms with Crippen molar-refractivity contribution in [1.29, 1.82) is 0 Å². The summed E-state index contributed by atoms with van der Waals surface area (Å²) in [5.74, 6) is 1.56. The van der Waals surface area contributed by atoms with Gasteiger partial charge in [0, 0.05) is 83.3 Å². The number of quaternary nitrogens is 2. The van der Waals surface area contributed by atoms with E-state index in [-0.39, 0.29) is 22.3 Å². The first-order valence-corrected chi connectivity index (χ1v) is 26.1. The Balaban J connectivity index is 0.00000202. The van der Waals surface area contributed by atoms with Crippen LogP contribution in [-0.2, 0) is 32.2 Å². The summed E-state index contributed by atoms with van der Waals surface area (Å²) in [4.78, 5) is 16.8. The van der Waals surface area contributed by atoms with Gasteiger partial charge in [-0.05, 0) is 130 Å². The van der Waals surface area contributed by atoms with Crippen molar-refractivity contribution < 1.29 is 41.0 Å². The predicted molar refractivity (Wildman–Crippen MR) is 276 cm³/mol. The van der Waals surface area contributed by atoms with Gasteiger partial charge in [0.05, 0.1) is 59.1 Å². The van der Waals surface area contributed by atoms with Gasteiger partial charge in [0.1, 0.15) is 18.1 Å². The average Bonchev–Trinajstić information content (AvgIpc) is 3.58. The minimum absolute atomic E-state index is 0.0361. The van der Waals surface area contributed by atoms with E-state index in [0.29, 0.717) is 18.6 Å². The summed E-state index contributed by atoms with van der Waals surface area (Å²) >= 11 is 0.775. The predicted octanol–water partition coefficient (Wildman–Crippen LogP) is 9.28. The van der Waals surface area contributed by atoms with Crippen molar-refractivity contribution in [3.8, 4) is 5.75 Å². The summed E-state index contributed by atoms with van der Waals surface area (Å²) in [6, 6.07) is 19.3. The van der Waals surface area contributed by atoms with E-state index in [1.807, 2.05) is 50.2 Å². The van der Waals surface area contributed by atoms with Crippen LogP contribution in [0.5, 0.6) is 5.75 Å². The summed E-state index contributed by atoms with van der Waals surface area (Å²) < 4.78 is 54.8. The van der Waals surface area contributed by atoms with Crippen LogP contribution in [0.25, 0.3) is 0 Å². The number of amides is 1. The third-order valence-corrected chi connectivity index (χ3v) is 13.7. The fourth-order valence-corrected chi connectivity index (χ4v) is 9.95. The molecule has 1 aliphatic carbocycles. The maximum absolute atomic E-state index is 12.4. The molecule has 4 N–H and O–H groups in total. The number of allylic oxidation sites excluding steroid dienone is 7. The molecule has 13 heteroatoms. The summed E-state index contributed by atoms with van der Waals surface area (Å²) in [5.41, 5.74) is 8.73. The molecule has 0 saturated heterocycles. The molecular weight excluding hydrogens is 879 g/mol. The average molecular weight is 957 g/mol. The summed E-state index contributed by atoms with van der Waals surface area (Å²) in [5, 5.41) is 2.97. The Morgan fingerprint density at radius 1 is 0.955 bits per heavy atom. The topological polar surface area (TPSA) is 124 Å². The highest BCUT2D eigenvalue weighted by Gasteiger charge is 2.45. The van der Waals surface area contributed by atoms with Crippen LogP contribution in [0.4, 0.5) is 11.4 Å². The van der Waals surface area contributed by atoms with Crippen LogP contribution < -0.4 is 19.9 Å². The molecule has 3 aliphatic rings. The van der Waals surface area contributed by atoms with E-state index < -0.39 is 15.5 Å². The molecule has 11 nitrogen and oxygen atoms in total. The second-order valence-corrected chi connectivity index (χ2v) is 23.1. The van der Waals surface area contributed by atoms with Crippen LogP contribution in [0, 0.1) is 0 Å². The smallest absolute Gasteiger partial charge is 0.294 e. The lowest BCUT2D eigenvalue weighted by atomic mass is 9.81. The van der Waals surface area contributed by atoms with Gasteiger partial charge in [-0.1, -0.05) is 39.0 Å². The van der Waals surface area contributed by atoms with Crippen LogP contribution in [-0.4, -0.2) is 106 Å². The Morgan fingerprint density at radius 2 is 1.64 bits per heavy atom. The third-order valence-electron chi connectivity index (χ3n) is 12.4. The number of carbonyl (C=O) groups excluding carboxylic acids is 1. The largest absolute Gasteiger partial charge is 0.457 e. The highest BCUT2D eigenvalue weighted by atomic mass is 32.2. The Hall–Kier alpha value is -4.50. The van der Waals surface area contributed by atoms with Crippen molar-refractivity contribution in [3.05, 3.63) is 124 Å². The molecule has 0 spiro atoms. The van der Waals surface area contributed by atoms with Gasteiger partial charge in [-0.15, -0.1) is 0 Å². The quantitative estimate of drug-likeness (QED) is 0.0458. The number of rotatable bonds is 17. The number of ether oxygens (including phenoxy) is 1. The number of fused-ring (bicyclic) bond motifs is 2. The minimum Gasteiger partial charge on any atom is -0.457 e. The lowest BCUT2D eigenvalue weighted by Gasteiger charge is -2.29. The summed E-state index contributed by atoms with van der Waals surface area (Å²) in [6.45, 7) is 17.4. The lowest BCUT2D eigenvalue weighted by molar-refractivity contribution is -0.870. The molecular formula is C54H78N5O6S2+3. The maximum Gasteiger partial charge on any atom is 0.294 e. The van der Waals surface area contributed by atoms with Crippen LogP contribution in [0.1, 0.15) is 104 Å². The molecule has 0 aromatic heterocycles. The SMILES string of the molecule is CCC[N+]1=C(/C=C/C2=C(Oc3ccc(CCC(=O)NC(C)C)cc3)C(=C/C=C3/N(CCC[N+](C)(C)C)c4ccc(S(=O)(=O)O)cc4C3(C)C)/CCC2)C(C)(C)c2cc(SO)ccc21.C[NH+](C)C. The van der Waals surface area contributed by atoms with Crippen LogP contribution in [0.15, 0.2) is 117 Å². The summed E-state index contributed by atoms with van der Waals surface area (Å²) in [7, 11) is 8.41. The first-order valence-electron chi connectivity index (χ1n) is 23.8. The van der Waals surface area contributed by atoms with Gasteiger partial charge in [-0.2, -0.15) is 13.0 Å². The third kappa shape index (κ3) is 13.6. The van der Waals surface area contributed by atoms with Crippen molar-refractivity contribution >= 4 is 45.2 Å². The molecule has 3 aromatic rings. The standard InChI is InChI=1S/C51H66N4O6S2.C3H9N/c1-11-30-53-44-25-23-40(62-57)33-42(44)50(4,5)46(53)27-19-37-14-12-15-38(49(37)61-39-21-16-36(17-22-39)18-29-48(56)52-35(2)3)20-28-47-51(6,7)43-34-41(63(58,59)60)24-26-45(43)54(47)31-13-32-55(8,9)10;1-4(2)3/h16-17,19-28,33-35H,11-15,18,29-32H2,1-10H3,(H-2,52,56,57,58,59,60);1-3H3/p+3. The maximum atomic E-state index is 12.4.